The minimum Gasteiger partial charge on any atom is -0.393 e. The maximum atomic E-state index is 9.66. The summed E-state index contributed by atoms with van der Waals surface area (Å²) in [6, 6.07) is 0. The van der Waals surface area contributed by atoms with E-state index in [-0.39, 0.29) is 6.10 Å². The number of hydrogen-bond acceptors (Lipinski definition) is 1. The fraction of sp³-hybridized carbons (Fsp3) is 0.875. The Hall–Kier alpha value is -0.300. The van der Waals surface area contributed by atoms with Crippen LogP contribution in [0.1, 0.15) is 70.6 Å². The first-order chi connectivity index (χ1) is 8.22. The van der Waals surface area contributed by atoms with E-state index in [2.05, 4.69) is 12.2 Å². The SMILES string of the molecule is OC1CCC2(CC1)CCC1(CC=CCC1)CC2. The van der Waals surface area contributed by atoms with Crippen molar-refractivity contribution in [1.29, 1.82) is 0 Å². The van der Waals surface area contributed by atoms with Crippen molar-refractivity contribution in [2.45, 2.75) is 76.7 Å². The van der Waals surface area contributed by atoms with Crippen molar-refractivity contribution >= 4 is 0 Å². The van der Waals surface area contributed by atoms with E-state index >= 15 is 0 Å². The minimum absolute atomic E-state index is 0.00845. The van der Waals surface area contributed by atoms with E-state index in [0.717, 1.165) is 12.8 Å². The maximum Gasteiger partial charge on any atom is 0.0540 e. The molecule has 0 heterocycles. The van der Waals surface area contributed by atoms with Gasteiger partial charge in [-0.15, -0.1) is 0 Å². The second-order valence-electron chi connectivity index (χ2n) is 6.95. The number of aliphatic hydroxyl groups excluding tert-OH is 1. The fourth-order valence-corrected chi connectivity index (χ4v) is 4.42. The average Bonchev–Trinajstić information content (AvgIpc) is 2.38. The van der Waals surface area contributed by atoms with Gasteiger partial charge in [-0.2, -0.15) is 0 Å². The summed E-state index contributed by atoms with van der Waals surface area (Å²) >= 11 is 0. The van der Waals surface area contributed by atoms with Crippen LogP contribution in [0.15, 0.2) is 12.2 Å². The largest absolute Gasteiger partial charge is 0.393 e. The highest BCUT2D eigenvalue weighted by molar-refractivity contribution is 5.02. The minimum atomic E-state index is 0.00845. The van der Waals surface area contributed by atoms with E-state index in [1.807, 2.05) is 0 Å². The predicted octanol–water partition coefficient (Wildman–Crippen LogP) is 4.21. The number of hydrogen-bond donors (Lipinski definition) is 1. The van der Waals surface area contributed by atoms with Crippen molar-refractivity contribution in [3.05, 3.63) is 12.2 Å². The second-order valence-corrected chi connectivity index (χ2v) is 6.95. The van der Waals surface area contributed by atoms with Crippen molar-refractivity contribution in [1.82, 2.24) is 0 Å². The van der Waals surface area contributed by atoms with Crippen LogP contribution in [0.5, 0.6) is 0 Å². The van der Waals surface area contributed by atoms with Crippen LogP contribution in [0.2, 0.25) is 0 Å². The zero-order chi connectivity index (χ0) is 11.8. The molecule has 1 heteroatoms. The van der Waals surface area contributed by atoms with Gasteiger partial charge in [-0.05, 0) is 81.5 Å². The Morgan fingerprint density at radius 1 is 0.765 bits per heavy atom. The van der Waals surface area contributed by atoms with Crippen LogP contribution in [0.3, 0.4) is 0 Å². The Bertz CT molecular complexity index is 287. The molecule has 0 aromatic carbocycles. The average molecular weight is 234 g/mol. The van der Waals surface area contributed by atoms with Crippen molar-refractivity contribution < 1.29 is 5.11 Å². The third-order valence-electron chi connectivity index (χ3n) is 5.95. The second kappa shape index (κ2) is 4.42. The molecule has 0 saturated heterocycles. The molecule has 1 nitrogen and oxygen atoms in total. The normalized spacial score (nSPS) is 46.5. The molecule has 0 aliphatic heterocycles. The third kappa shape index (κ3) is 2.31. The van der Waals surface area contributed by atoms with Crippen molar-refractivity contribution in [2.75, 3.05) is 0 Å². The number of rotatable bonds is 0. The van der Waals surface area contributed by atoms with E-state index in [4.69, 9.17) is 0 Å². The van der Waals surface area contributed by atoms with Gasteiger partial charge in [-0.3, -0.25) is 0 Å². The molecule has 2 saturated carbocycles. The van der Waals surface area contributed by atoms with Gasteiger partial charge in [0.15, 0.2) is 0 Å². The van der Waals surface area contributed by atoms with Gasteiger partial charge < -0.3 is 5.11 Å². The van der Waals surface area contributed by atoms with Crippen LogP contribution in [0.25, 0.3) is 0 Å². The summed E-state index contributed by atoms with van der Waals surface area (Å²) in [6.45, 7) is 0. The first-order valence-corrected chi connectivity index (χ1v) is 7.55. The zero-order valence-electron chi connectivity index (χ0n) is 11.0. The van der Waals surface area contributed by atoms with Crippen molar-refractivity contribution in [3.63, 3.8) is 0 Å². The van der Waals surface area contributed by atoms with Gasteiger partial charge in [0.1, 0.15) is 0 Å². The molecule has 0 unspecified atom stereocenters. The van der Waals surface area contributed by atoms with Crippen molar-refractivity contribution in [2.24, 2.45) is 10.8 Å². The van der Waals surface area contributed by atoms with Gasteiger partial charge in [-0.1, -0.05) is 12.2 Å². The van der Waals surface area contributed by atoms with Crippen LogP contribution in [0.4, 0.5) is 0 Å². The molecule has 0 atom stereocenters. The summed E-state index contributed by atoms with van der Waals surface area (Å²) in [5.41, 5.74) is 1.31. The lowest BCUT2D eigenvalue weighted by Gasteiger charge is -2.49. The summed E-state index contributed by atoms with van der Waals surface area (Å²) < 4.78 is 0. The van der Waals surface area contributed by atoms with Gasteiger partial charge in [0.2, 0.25) is 0 Å². The van der Waals surface area contributed by atoms with Gasteiger partial charge in [0.25, 0.3) is 0 Å². The lowest BCUT2D eigenvalue weighted by molar-refractivity contribution is 0.00202. The maximum absolute atomic E-state index is 9.66. The molecule has 0 amide bonds. The molecule has 3 aliphatic carbocycles. The predicted molar refractivity (Wildman–Crippen MR) is 70.8 cm³/mol. The van der Waals surface area contributed by atoms with Gasteiger partial charge in [-0.25, -0.2) is 0 Å². The molecular formula is C16H26O. The summed E-state index contributed by atoms with van der Waals surface area (Å²) in [6.07, 6.45) is 19.4. The molecule has 0 aromatic rings. The monoisotopic (exact) mass is 234 g/mol. The van der Waals surface area contributed by atoms with Gasteiger partial charge in [0.05, 0.1) is 6.10 Å². The quantitative estimate of drug-likeness (QED) is 0.623. The van der Waals surface area contributed by atoms with Crippen LogP contribution >= 0.6 is 0 Å². The zero-order valence-corrected chi connectivity index (χ0v) is 11.0. The number of aliphatic hydroxyl groups is 1. The summed E-state index contributed by atoms with van der Waals surface area (Å²) in [5, 5.41) is 9.66. The molecule has 96 valence electrons. The highest BCUT2D eigenvalue weighted by Gasteiger charge is 2.43. The highest BCUT2D eigenvalue weighted by atomic mass is 16.3. The van der Waals surface area contributed by atoms with Gasteiger partial charge >= 0.3 is 0 Å². The van der Waals surface area contributed by atoms with Crippen LogP contribution in [-0.4, -0.2) is 11.2 Å². The van der Waals surface area contributed by atoms with Crippen LogP contribution < -0.4 is 0 Å². The molecule has 1 N–H and O–H groups in total. The molecule has 2 fully saturated rings. The molecule has 3 aliphatic rings. The smallest absolute Gasteiger partial charge is 0.0540 e. The lowest BCUT2D eigenvalue weighted by atomic mass is 9.56. The Labute approximate surface area is 105 Å². The highest BCUT2D eigenvalue weighted by Crippen LogP contribution is 2.55. The first-order valence-electron chi connectivity index (χ1n) is 7.55. The van der Waals surface area contributed by atoms with E-state index < -0.39 is 0 Å². The Morgan fingerprint density at radius 2 is 1.41 bits per heavy atom. The Balaban J connectivity index is 1.61. The van der Waals surface area contributed by atoms with Gasteiger partial charge in [0, 0.05) is 0 Å². The number of allylic oxidation sites excluding steroid dienone is 2. The molecular weight excluding hydrogens is 208 g/mol. The summed E-state index contributed by atoms with van der Waals surface area (Å²) in [7, 11) is 0. The van der Waals surface area contributed by atoms with Crippen molar-refractivity contribution in [3.8, 4) is 0 Å². The van der Waals surface area contributed by atoms with E-state index in [9.17, 15) is 5.11 Å². The molecule has 0 radical (unpaired) electrons. The summed E-state index contributed by atoms with van der Waals surface area (Å²) in [5.74, 6) is 0. The summed E-state index contributed by atoms with van der Waals surface area (Å²) in [4.78, 5) is 0. The van der Waals surface area contributed by atoms with E-state index in [1.54, 1.807) is 0 Å². The molecule has 2 spiro atoms. The topological polar surface area (TPSA) is 20.2 Å². The van der Waals surface area contributed by atoms with E-state index in [0.29, 0.717) is 10.8 Å². The third-order valence-corrected chi connectivity index (χ3v) is 5.95. The van der Waals surface area contributed by atoms with E-state index in [1.165, 1.54) is 57.8 Å². The first kappa shape index (κ1) is 11.8. The standard InChI is InChI=1S/C16H26O/c17-14-4-8-16(9-5-14)12-10-15(11-13-16)6-2-1-3-7-15/h1-2,14,17H,3-13H2. The molecule has 0 aromatic heterocycles. The van der Waals surface area contributed by atoms with Crippen LogP contribution in [-0.2, 0) is 0 Å². The molecule has 3 rings (SSSR count). The molecule has 0 bridgehead atoms. The Kier molecular flexibility index (Phi) is 3.06. The molecule has 17 heavy (non-hydrogen) atoms. The lowest BCUT2D eigenvalue weighted by Crippen LogP contribution is -2.38. The Morgan fingerprint density at radius 3 is 2.00 bits per heavy atom. The van der Waals surface area contributed by atoms with Crippen LogP contribution in [0, 0.1) is 10.8 Å². The fourth-order valence-electron chi connectivity index (χ4n) is 4.42.